The number of carbonyl (C=O) groups excluding carboxylic acids is 3. The molecule has 0 aromatic heterocycles. The maximum absolute atomic E-state index is 13.0. The van der Waals surface area contributed by atoms with Crippen molar-refractivity contribution in [3.05, 3.63) is 99.7 Å². The summed E-state index contributed by atoms with van der Waals surface area (Å²) in [6, 6.07) is 19.7. The number of anilines is 3. The number of hydrogen-bond donors (Lipinski definition) is 2. The fraction of sp³-hybridized carbons (Fsp3) is 0.179. The topological polar surface area (TPSA) is 78.5 Å². The molecule has 0 bridgehead atoms. The minimum absolute atomic E-state index is 0.00260. The fourth-order valence-corrected chi connectivity index (χ4v) is 3.98. The summed E-state index contributed by atoms with van der Waals surface area (Å²) in [5.74, 6) is -1.03. The Morgan fingerprint density at radius 3 is 2.17 bits per heavy atom. The van der Waals surface area contributed by atoms with Crippen LogP contribution in [0.5, 0.6) is 0 Å². The van der Waals surface area contributed by atoms with Gasteiger partial charge in [-0.15, -0.1) is 0 Å². The number of rotatable bonds is 6. The minimum atomic E-state index is -0.582. The van der Waals surface area contributed by atoms with Crippen LogP contribution in [0.3, 0.4) is 0 Å². The van der Waals surface area contributed by atoms with E-state index in [4.69, 9.17) is 11.6 Å². The molecule has 0 atom stereocenters. The van der Waals surface area contributed by atoms with Crippen LogP contribution in [-0.4, -0.2) is 17.7 Å². The largest absolute Gasteiger partial charge is 0.350 e. The van der Waals surface area contributed by atoms with E-state index < -0.39 is 11.8 Å². The Bertz CT molecular complexity index is 1340. The number of hydrogen-bond acceptors (Lipinski definition) is 4. The number of halogens is 1. The molecular formula is C28H26ClN3O3. The normalized spacial score (nSPS) is 13.6. The molecule has 0 saturated heterocycles. The first-order valence-corrected chi connectivity index (χ1v) is 11.7. The Hall–Kier alpha value is -3.90. The average Bonchev–Trinajstić information content (AvgIpc) is 3.05. The highest BCUT2D eigenvalue weighted by Gasteiger charge is 2.39. The van der Waals surface area contributed by atoms with Crippen LogP contribution in [0, 0.1) is 13.8 Å². The maximum atomic E-state index is 13.0. The van der Waals surface area contributed by atoms with Gasteiger partial charge in [-0.1, -0.05) is 49.7 Å². The number of nitrogens with zero attached hydrogens (tertiary/aromatic N) is 1. The second-order valence-corrected chi connectivity index (χ2v) is 9.23. The van der Waals surface area contributed by atoms with Gasteiger partial charge in [0.2, 0.25) is 0 Å². The highest BCUT2D eigenvalue weighted by Crippen LogP contribution is 2.31. The van der Waals surface area contributed by atoms with Crippen molar-refractivity contribution in [1.29, 1.82) is 0 Å². The van der Waals surface area contributed by atoms with E-state index in [9.17, 15) is 14.4 Å². The van der Waals surface area contributed by atoms with Crippen LogP contribution in [0.1, 0.15) is 46.8 Å². The summed E-state index contributed by atoms with van der Waals surface area (Å²) in [4.78, 5) is 39.5. The van der Waals surface area contributed by atoms with Gasteiger partial charge in [-0.2, -0.15) is 0 Å². The van der Waals surface area contributed by atoms with Crippen LogP contribution >= 0.6 is 11.6 Å². The summed E-state index contributed by atoms with van der Waals surface area (Å²) < 4.78 is 0. The smallest absolute Gasteiger partial charge is 0.283 e. The minimum Gasteiger partial charge on any atom is -0.350 e. The summed E-state index contributed by atoms with van der Waals surface area (Å²) in [5, 5.41) is 5.68. The second kappa shape index (κ2) is 9.76. The molecular weight excluding hydrogens is 462 g/mol. The van der Waals surface area contributed by atoms with Crippen molar-refractivity contribution in [1.82, 2.24) is 0 Å². The van der Waals surface area contributed by atoms with Crippen LogP contribution in [-0.2, 0) is 9.59 Å². The van der Waals surface area contributed by atoms with Gasteiger partial charge < -0.3 is 10.6 Å². The lowest BCUT2D eigenvalue weighted by atomic mass is 10.0. The molecule has 0 unspecified atom stereocenters. The van der Waals surface area contributed by atoms with Crippen molar-refractivity contribution >= 4 is 46.4 Å². The van der Waals surface area contributed by atoms with Crippen molar-refractivity contribution in [2.45, 2.75) is 33.6 Å². The molecule has 3 aromatic rings. The molecule has 2 N–H and O–H groups in total. The predicted octanol–water partition coefficient (Wildman–Crippen LogP) is 6.11. The highest BCUT2D eigenvalue weighted by atomic mass is 35.5. The van der Waals surface area contributed by atoms with Gasteiger partial charge >= 0.3 is 0 Å². The number of carbonyl (C=O) groups is 3. The molecule has 7 heteroatoms. The first-order chi connectivity index (χ1) is 16.7. The van der Waals surface area contributed by atoms with E-state index in [2.05, 4.69) is 24.5 Å². The van der Waals surface area contributed by atoms with Crippen molar-refractivity contribution in [2.75, 3.05) is 15.5 Å². The van der Waals surface area contributed by atoms with Crippen LogP contribution in [0.4, 0.5) is 17.1 Å². The second-order valence-electron chi connectivity index (χ2n) is 8.86. The van der Waals surface area contributed by atoms with Crippen LogP contribution in [0.15, 0.2) is 77.5 Å². The Morgan fingerprint density at radius 2 is 1.54 bits per heavy atom. The molecule has 0 fully saturated rings. The van der Waals surface area contributed by atoms with Crippen molar-refractivity contribution in [3.8, 4) is 0 Å². The molecule has 1 aliphatic heterocycles. The maximum Gasteiger partial charge on any atom is 0.283 e. The fourth-order valence-electron chi connectivity index (χ4n) is 3.77. The molecule has 6 nitrogen and oxygen atoms in total. The summed E-state index contributed by atoms with van der Waals surface area (Å²) in [6.45, 7) is 8.04. The quantitative estimate of drug-likeness (QED) is 0.411. The van der Waals surface area contributed by atoms with Crippen molar-refractivity contribution in [2.24, 2.45) is 0 Å². The van der Waals surface area contributed by atoms with Gasteiger partial charge in [0.25, 0.3) is 17.7 Å². The molecule has 3 amide bonds. The molecule has 1 aliphatic rings. The van der Waals surface area contributed by atoms with E-state index in [1.54, 1.807) is 36.4 Å². The molecule has 0 spiro atoms. The summed E-state index contributed by atoms with van der Waals surface area (Å²) in [5.41, 5.74) is 5.32. The van der Waals surface area contributed by atoms with Gasteiger partial charge in [0.1, 0.15) is 10.7 Å². The SMILES string of the molecule is Cc1ccc(C)c(NC(=O)c2ccc(NC3=C(Cl)C(=O)N(c4ccc(C(C)C)cc4)C3=O)cc2)c1. The summed E-state index contributed by atoms with van der Waals surface area (Å²) in [6.07, 6.45) is 0. The van der Waals surface area contributed by atoms with Crippen molar-refractivity contribution in [3.63, 3.8) is 0 Å². The first kappa shape index (κ1) is 24.2. The number of nitrogens with one attached hydrogen (secondary N) is 2. The van der Waals surface area contributed by atoms with E-state index in [0.717, 1.165) is 27.3 Å². The Balaban J connectivity index is 1.48. The standard InChI is InChI=1S/C28H26ClN3O3/c1-16(2)19-9-13-22(14-10-19)32-27(34)24(29)25(28(32)35)30-21-11-7-20(8-12-21)26(33)31-23-15-17(3)5-6-18(23)4/h5-16,30H,1-4H3,(H,31,33). The van der Waals surface area contributed by atoms with Gasteiger partial charge in [-0.05, 0) is 78.9 Å². The monoisotopic (exact) mass is 487 g/mol. The number of amides is 3. The third-order valence-corrected chi connectivity index (χ3v) is 6.25. The van der Waals surface area contributed by atoms with Crippen molar-refractivity contribution < 1.29 is 14.4 Å². The Labute approximate surface area is 209 Å². The molecule has 0 saturated carbocycles. The van der Waals surface area contributed by atoms with Gasteiger partial charge in [-0.3, -0.25) is 14.4 Å². The molecule has 35 heavy (non-hydrogen) atoms. The van der Waals surface area contributed by atoms with Gasteiger partial charge in [0, 0.05) is 16.9 Å². The molecule has 4 rings (SSSR count). The zero-order chi connectivity index (χ0) is 25.3. The van der Waals surface area contributed by atoms with E-state index in [-0.39, 0.29) is 16.6 Å². The Kier molecular flexibility index (Phi) is 6.76. The first-order valence-electron chi connectivity index (χ1n) is 11.3. The molecule has 0 aliphatic carbocycles. The lowest BCUT2D eigenvalue weighted by Gasteiger charge is -2.16. The highest BCUT2D eigenvalue weighted by molar-refractivity contribution is 6.53. The van der Waals surface area contributed by atoms with E-state index in [1.807, 2.05) is 44.2 Å². The van der Waals surface area contributed by atoms with Gasteiger partial charge in [0.15, 0.2) is 0 Å². The summed E-state index contributed by atoms with van der Waals surface area (Å²) in [7, 11) is 0. The summed E-state index contributed by atoms with van der Waals surface area (Å²) >= 11 is 6.24. The average molecular weight is 488 g/mol. The predicted molar refractivity (Wildman–Crippen MR) is 140 cm³/mol. The third kappa shape index (κ3) is 4.98. The zero-order valence-electron chi connectivity index (χ0n) is 20.0. The lowest BCUT2D eigenvalue weighted by Crippen LogP contribution is -2.32. The van der Waals surface area contributed by atoms with Gasteiger partial charge in [-0.25, -0.2) is 4.90 Å². The number of imide groups is 1. The molecule has 3 aromatic carbocycles. The Morgan fingerprint density at radius 1 is 0.886 bits per heavy atom. The number of benzene rings is 3. The molecule has 178 valence electrons. The third-order valence-electron chi connectivity index (χ3n) is 5.90. The van der Waals surface area contributed by atoms with E-state index in [1.165, 1.54) is 0 Å². The number of aryl methyl sites for hydroxylation is 2. The lowest BCUT2D eigenvalue weighted by molar-refractivity contribution is -0.120. The zero-order valence-corrected chi connectivity index (χ0v) is 20.7. The van der Waals surface area contributed by atoms with Crippen LogP contribution in [0.25, 0.3) is 0 Å². The van der Waals surface area contributed by atoms with E-state index >= 15 is 0 Å². The van der Waals surface area contributed by atoms with Crippen LogP contribution in [0.2, 0.25) is 0 Å². The molecule has 0 radical (unpaired) electrons. The van der Waals surface area contributed by atoms with Gasteiger partial charge in [0.05, 0.1) is 5.69 Å². The molecule has 1 heterocycles. The van der Waals surface area contributed by atoms with Crippen LogP contribution < -0.4 is 15.5 Å². The van der Waals surface area contributed by atoms with E-state index in [0.29, 0.717) is 22.9 Å².